The molecule has 0 aliphatic carbocycles. The van der Waals surface area contributed by atoms with Crippen LogP contribution in [0.25, 0.3) is 0 Å². The van der Waals surface area contributed by atoms with Crippen molar-refractivity contribution in [1.82, 2.24) is 10.0 Å². The number of hydrogen-bond donors (Lipinski definition) is 2. The summed E-state index contributed by atoms with van der Waals surface area (Å²) in [7, 11) is -3.43. The molecule has 110 valence electrons. The van der Waals surface area contributed by atoms with E-state index in [1.165, 1.54) is 12.8 Å². The Hall–Kier alpha value is -0.430. The molecule has 0 spiro atoms. The minimum absolute atomic E-state index is 0.0537. The van der Waals surface area contributed by atoms with Crippen molar-refractivity contribution in [2.75, 3.05) is 0 Å². The van der Waals surface area contributed by atoms with Crippen LogP contribution in [0.1, 0.15) is 31.2 Å². The number of aryl methyl sites for hydroxylation is 1. The highest BCUT2D eigenvalue weighted by molar-refractivity contribution is 9.10. The third-order valence-electron chi connectivity index (χ3n) is 4.12. The molecule has 1 aromatic carbocycles. The van der Waals surface area contributed by atoms with E-state index in [1.807, 2.05) is 13.0 Å². The fourth-order valence-electron chi connectivity index (χ4n) is 3.30. The van der Waals surface area contributed by atoms with E-state index < -0.39 is 10.0 Å². The maximum Gasteiger partial charge on any atom is 0.240 e. The molecule has 0 amide bonds. The van der Waals surface area contributed by atoms with Crippen LogP contribution in [-0.4, -0.2) is 26.5 Å². The van der Waals surface area contributed by atoms with E-state index in [0.29, 0.717) is 17.0 Å². The summed E-state index contributed by atoms with van der Waals surface area (Å²) in [6.45, 7) is 1.90. The molecule has 2 aliphatic rings. The van der Waals surface area contributed by atoms with Crippen LogP contribution in [0.3, 0.4) is 0 Å². The standard InChI is InChI=1S/C14H19BrN2O2S/c1-9-4-10(15)6-14(5-9)20(18,19)17-13-7-11-2-3-12(8-13)16-11/h4-6,11-13,16-17H,2-3,7-8H2,1H3. The van der Waals surface area contributed by atoms with Gasteiger partial charge in [0.15, 0.2) is 0 Å². The molecule has 0 saturated carbocycles. The van der Waals surface area contributed by atoms with E-state index >= 15 is 0 Å². The highest BCUT2D eigenvalue weighted by Crippen LogP contribution is 2.28. The van der Waals surface area contributed by atoms with E-state index in [0.717, 1.165) is 22.9 Å². The zero-order valence-corrected chi connectivity index (χ0v) is 13.8. The van der Waals surface area contributed by atoms with Gasteiger partial charge in [-0.2, -0.15) is 0 Å². The predicted molar refractivity (Wildman–Crippen MR) is 82.2 cm³/mol. The van der Waals surface area contributed by atoms with Gasteiger partial charge >= 0.3 is 0 Å². The summed E-state index contributed by atoms with van der Waals surface area (Å²) >= 11 is 3.36. The minimum atomic E-state index is -3.43. The highest BCUT2D eigenvalue weighted by atomic mass is 79.9. The summed E-state index contributed by atoms with van der Waals surface area (Å²) < 4.78 is 28.6. The SMILES string of the molecule is Cc1cc(Br)cc(S(=O)(=O)NC2CC3CCC(C2)N3)c1. The molecular weight excluding hydrogens is 340 g/mol. The van der Waals surface area contributed by atoms with Crippen LogP contribution in [0.4, 0.5) is 0 Å². The monoisotopic (exact) mass is 358 g/mol. The highest BCUT2D eigenvalue weighted by Gasteiger charge is 2.35. The third-order valence-corrected chi connectivity index (χ3v) is 6.08. The Morgan fingerprint density at radius 2 is 1.85 bits per heavy atom. The summed E-state index contributed by atoms with van der Waals surface area (Å²) in [5, 5.41) is 3.52. The topological polar surface area (TPSA) is 58.2 Å². The molecule has 2 unspecified atom stereocenters. The maximum atomic E-state index is 12.5. The molecule has 2 fully saturated rings. The van der Waals surface area contributed by atoms with Gasteiger partial charge in [0.05, 0.1) is 4.90 Å². The first-order valence-electron chi connectivity index (χ1n) is 6.98. The van der Waals surface area contributed by atoms with Crippen molar-refractivity contribution in [1.29, 1.82) is 0 Å². The van der Waals surface area contributed by atoms with Crippen LogP contribution in [0, 0.1) is 6.92 Å². The molecule has 2 saturated heterocycles. The van der Waals surface area contributed by atoms with Crippen LogP contribution in [-0.2, 0) is 10.0 Å². The first kappa shape index (κ1) is 14.5. The quantitative estimate of drug-likeness (QED) is 0.871. The van der Waals surface area contributed by atoms with Gasteiger partial charge in [0.25, 0.3) is 0 Å². The zero-order valence-electron chi connectivity index (χ0n) is 11.4. The second-order valence-corrected chi connectivity index (χ2v) is 8.52. The summed E-state index contributed by atoms with van der Waals surface area (Å²) in [6.07, 6.45) is 4.11. The second kappa shape index (κ2) is 5.40. The number of sulfonamides is 1. The summed E-state index contributed by atoms with van der Waals surface area (Å²) in [5.41, 5.74) is 0.935. The van der Waals surface area contributed by atoms with Gasteiger partial charge < -0.3 is 5.32 Å². The van der Waals surface area contributed by atoms with E-state index in [4.69, 9.17) is 0 Å². The van der Waals surface area contributed by atoms with E-state index in [-0.39, 0.29) is 6.04 Å². The lowest BCUT2D eigenvalue weighted by Crippen LogP contribution is -2.47. The first-order valence-corrected chi connectivity index (χ1v) is 9.25. The van der Waals surface area contributed by atoms with Crippen molar-refractivity contribution >= 4 is 26.0 Å². The van der Waals surface area contributed by atoms with E-state index in [2.05, 4.69) is 26.0 Å². The zero-order chi connectivity index (χ0) is 14.3. The molecule has 3 rings (SSSR count). The number of nitrogens with one attached hydrogen (secondary N) is 2. The Morgan fingerprint density at radius 3 is 2.45 bits per heavy atom. The third kappa shape index (κ3) is 3.08. The van der Waals surface area contributed by atoms with Crippen LogP contribution in [0.15, 0.2) is 27.6 Å². The Bertz CT molecular complexity index is 585. The molecule has 2 heterocycles. The van der Waals surface area contributed by atoms with Crippen LogP contribution in [0.2, 0.25) is 0 Å². The van der Waals surface area contributed by atoms with Gasteiger partial charge in [-0.3, -0.25) is 0 Å². The van der Waals surface area contributed by atoms with Crippen molar-refractivity contribution < 1.29 is 8.42 Å². The summed E-state index contributed by atoms with van der Waals surface area (Å²) in [4.78, 5) is 0.343. The molecule has 2 N–H and O–H groups in total. The van der Waals surface area contributed by atoms with Gasteiger partial charge in [0.1, 0.15) is 0 Å². The van der Waals surface area contributed by atoms with Gasteiger partial charge in [-0.15, -0.1) is 0 Å². The number of fused-ring (bicyclic) bond motifs is 2. The largest absolute Gasteiger partial charge is 0.311 e. The van der Waals surface area contributed by atoms with Crippen molar-refractivity contribution in [3.05, 3.63) is 28.2 Å². The molecular formula is C14H19BrN2O2S. The normalized spacial score (nSPS) is 29.6. The maximum absolute atomic E-state index is 12.5. The molecule has 20 heavy (non-hydrogen) atoms. The number of benzene rings is 1. The number of rotatable bonds is 3. The first-order chi connectivity index (χ1) is 9.42. The molecule has 6 heteroatoms. The summed E-state index contributed by atoms with van der Waals surface area (Å²) in [6, 6.07) is 6.28. The fraction of sp³-hybridized carbons (Fsp3) is 0.571. The minimum Gasteiger partial charge on any atom is -0.311 e. The molecule has 0 aromatic heterocycles. The van der Waals surface area contributed by atoms with Crippen molar-refractivity contribution in [3.63, 3.8) is 0 Å². The molecule has 2 atom stereocenters. The second-order valence-electron chi connectivity index (χ2n) is 5.89. The van der Waals surface area contributed by atoms with Crippen molar-refractivity contribution in [2.24, 2.45) is 0 Å². The molecule has 4 nitrogen and oxygen atoms in total. The number of piperidine rings is 1. The molecule has 0 radical (unpaired) electrons. The van der Waals surface area contributed by atoms with Gasteiger partial charge in [-0.1, -0.05) is 15.9 Å². The lowest BCUT2D eigenvalue weighted by atomic mass is 10.0. The lowest BCUT2D eigenvalue weighted by molar-refractivity contribution is 0.345. The average molecular weight is 359 g/mol. The van der Waals surface area contributed by atoms with Crippen molar-refractivity contribution in [3.8, 4) is 0 Å². The lowest BCUT2D eigenvalue weighted by Gasteiger charge is -2.29. The molecule has 2 bridgehead atoms. The predicted octanol–water partition coefficient (Wildman–Crippen LogP) is 2.32. The van der Waals surface area contributed by atoms with Gasteiger partial charge in [-0.05, 0) is 56.4 Å². The Kier molecular flexibility index (Phi) is 3.92. The van der Waals surface area contributed by atoms with Crippen LogP contribution < -0.4 is 10.0 Å². The Morgan fingerprint density at radius 1 is 1.20 bits per heavy atom. The number of hydrogen-bond acceptors (Lipinski definition) is 3. The van der Waals surface area contributed by atoms with Crippen LogP contribution >= 0.6 is 15.9 Å². The number of halogens is 1. The molecule has 2 aliphatic heterocycles. The van der Waals surface area contributed by atoms with Gasteiger partial charge in [0.2, 0.25) is 10.0 Å². The van der Waals surface area contributed by atoms with Crippen molar-refractivity contribution in [2.45, 2.75) is 55.6 Å². The van der Waals surface area contributed by atoms with Gasteiger partial charge in [-0.25, -0.2) is 13.1 Å². The van der Waals surface area contributed by atoms with Crippen LogP contribution in [0.5, 0.6) is 0 Å². The summed E-state index contributed by atoms with van der Waals surface area (Å²) in [5.74, 6) is 0. The van der Waals surface area contributed by atoms with E-state index in [1.54, 1.807) is 12.1 Å². The average Bonchev–Trinajstić information content (AvgIpc) is 2.67. The Labute approximate surface area is 128 Å². The fourth-order valence-corrected chi connectivity index (χ4v) is 5.45. The van der Waals surface area contributed by atoms with E-state index in [9.17, 15) is 8.42 Å². The Balaban J connectivity index is 1.78. The van der Waals surface area contributed by atoms with Gasteiger partial charge in [0, 0.05) is 22.6 Å². The smallest absolute Gasteiger partial charge is 0.240 e. The molecule has 1 aromatic rings.